The third-order valence-corrected chi connectivity index (χ3v) is 4.22. The van der Waals surface area contributed by atoms with Crippen molar-refractivity contribution in [2.24, 2.45) is 0 Å². The Hall–Kier alpha value is -3.13. The smallest absolute Gasteiger partial charge is 0.270 e. The maximum atomic E-state index is 12.4. The van der Waals surface area contributed by atoms with Crippen LogP contribution in [0.5, 0.6) is 5.75 Å². The zero-order valence-electron chi connectivity index (χ0n) is 13.7. The van der Waals surface area contributed by atoms with Crippen LogP contribution in [0.1, 0.15) is 20.7 Å². The van der Waals surface area contributed by atoms with Crippen LogP contribution in [0.25, 0.3) is 0 Å². The number of carbonyl (C=O) groups is 2. The monoisotopic (exact) mass is 375 g/mol. The van der Waals surface area contributed by atoms with Crippen molar-refractivity contribution >= 4 is 34.8 Å². The Bertz CT molecular complexity index is 915. The quantitative estimate of drug-likeness (QED) is 0.656. The summed E-state index contributed by atoms with van der Waals surface area (Å²) in [5.41, 5.74) is 0.613. The summed E-state index contributed by atoms with van der Waals surface area (Å²) in [6.07, 6.45) is 0. The van der Waals surface area contributed by atoms with Crippen molar-refractivity contribution in [3.05, 3.63) is 62.7 Å². The largest absolute Gasteiger partial charge is 0.491 e. The molecule has 0 radical (unpaired) electrons. The van der Waals surface area contributed by atoms with E-state index in [0.717, 1.165) is 6.07 Å². The van der Waals surface area contributed by atoms with E-state index in [9.17, 15) is 19.7 Å². The molecule has 0 fully saturated rings. The van der Waals surface area contributed by atoms with E-state index in [0.29, 0.717) is 30.2 Å². The van der Waals surface area contributed by atoms with Gasteiger partial charge >= 0.3 is 0 Å². The summed E-state index contributed by atoms with van der Waals surface area (Å²) in [5.74, 6) is -0.298. The lowest BCUT2D eigenvalue weighted by molar-refractivity contribution is -0.384. The maximum Gasteiger partial charge on any atom is 0.270 e. The molecule has 1 heterocycles. The number of non-ortho nitro benzene ring substituents is 1. The van der Waals surface area contributed by atoms with Crippen LogP contribution in [-0.4, -0.2) is 41.8 Å². The number of nitrogens with zero attached hydrogens (tertiary/aromatic N) is 2. The number of halogens is 1. The number of anilines is 1. The standard InChI is InChI=1S/C17H14ClN3O5/c1-20-6-7-26-15-5-2-10(8-13(15)17(20)23)19-16(22)12-4-3-11(21(24)25)9-14(12)18/h2-5,8-9H,6-7H2,1H3,(H,19,22). The van der Waals surface area contributed by atoms with E-state index < -0.39 is 10.8 Å². The van der Waals surface area contributed by atoms with E-state index in [1.165, 1.54) is 23.1 Å². The zero-order chi connectivity index (χ0) is 18.8. The number of carbonyl (C=O) groups excluding carboxylic acids is 2. The van der Waals surface area contributed by atoms with E-state index in [2.05, 4.69) is 5.32 Å². The third kappa shape index (κ3) is 3.45. The van der Waals surface area contributed by atoms with Crippen LogP contribution in [0.15, 0.2) is 36.4 Å². The summed E-state index contributed by atoms with van der Waals surface area (Å²) in [4.78, 5) is 36.4. The summed E-state index contributed by atoms with van der Waals surface area (Å²) in [6, 6.07) is 8.33. The molecule has 1 aliphatic rings. The fourth-order valence-electron chi connectivity index (χ4n) is 2.50. The second-order valence-corrected chi connectivity index (χ2v) is 6.07. The highest BCUT2D eigenvalue weighted by molar-refractivity contribution is 6.34. The Morgan fingerprint density at radius 3 is 2.77 bits per heavy atom. The maximum absolute atomic E-state index is 12.4. The average molecular weight is 376 g/mol. The molecule has 0 saturated carbocycles. The first-order valence-electron chi connectivity index (χ1n) is 7.64. The molecular weight excluding hydrogens is 362 g/mol. The van der Waals surface area contributed by atoms with Crippen molar-refractivity contribution in [3.8, 4) is 5.75 Å². The number of amides is 2. The van der Waals surface area contributed by atoms with Crippen molar-refractivity contribution in [2.45, 2.75) is 0 Å². The topological polar surface area (TPSA) is 102 Å². The summed E-state index contributed by atoms with van der Waals surface area (Å²) >= 11 is 5.97. The molecule has 8 nitrogen and oxygen atoms in total. The van der Waals surface area contributed by atoms with E-state index in [4.69, 9.17) is 16.3 Å². The molecule has 0 saturated heterocycles. The Kier molecular flexibility index (Phi) is 4.77. The second kappa shape index (κ2) is 7.01. The van der Waals surface area contributed by atoms with Gasteiger partial charge in [0.1, 0.15) is 12.4 Å². The predicted molar refractivity (Wildman–Crippen MR) is 95.0 cm³/mol. The molecule has 0 spiro atoms. The average Bonchev–Trinajstić information content (AvgIpc) is 2.74. The van der Waals surface area contributed by atoms with Crippen molar-refractivity contribution in [2.75, 3.05) is 25.5 Å². The fourth-order valence-corrected chi connectivity index (χ4v) is 2.76. The number of nitro benzene ring substituents is 1. The Balaban J connectivity index is 1.85. The van der Waals surface area contributed by atoms with Gasteiger partial charge in [-0.25, -0.2) is 0 Å². The summed E-state index contributed by atoms with van der Waals surface area (Å²) in [6.45, 7) is 0.854. The number of hydrogen-bond donors (Lipinski definition) is 1. The van der Waals surface area contributed by atoms with Crippen LogP contribution in [0.2, 0.25) is 5.02 Å². The lowest BCUT2D eigenvalue weighted by Gasteiger charge is -2.13. The molecular formula is C17H14ClN3O5. The van der Waals surface area contributed by atoms with Crippen LogP contribution in [0.3, 0.4) is 0 Å². The summed E-state index contributed by atoms with van der Waals surface area (Å²) in [5, 5.41) is 13.3. The van der Waals surface area contributed by atoms with Crippen LogP contribution < -0.4 is 10.1 Å². The molecule has 2 aromatic carbocycles. The van der Waals surface area contributed by atoms with Crippen molar-refractivity contribution in [1.82, 2.24) is 4.90 Å². The predicted octanol–water partition coefficient (Wildman–Crippen LogP) is 2.96. The van der Waals surface area contributed by atoms with Crippen LogP contribution in [0.4, 0.5) is 11.4 Å². The molecule has 0 unspecified atom stereocenters. The minimum absolute atomic E-state index is 0.0365. The fraction of sp³-hybridized carbons (Fsp3) is 0.176. The second-order valence-electron chi connectivity index (χ2n) is 5.66. The van der Waals surface area contributed by atoms with Crippen molar-refractivity contribution in [3.63, 3.8) is 0 Å². The van der Waals surface area contributed by atoms with Crippen LogP contribution in [0, 0.1) is 10.1 Å². The molecule has 0 bridgehead atoms. The number of likely N-dealkylation sites (N-methyl/N-ethyl adjacent to an activating group) is 1. The lowest BCUT2D eigenvalue weighted by atomic mass is 10.1. The van der Waals surface area contributed by atoms with Gasteiger partial charge in [0, 0.05) is 24.9 Å². The molecule has 1 aliphatic heterocycles. The molecule has 1 N–H and O–H groups in total. The van der Waals surface area contributed by atoms with Gasteiger partial charge in [0.15, 0.2) is 0 Å². The minimum atomic E-state index is -0.595. The van der Waals surface area contributed by atoms with Gasteiger partial charge in [-0.3, -0.25) is 19.7 Å². The molecule has 9 heteroatoms. The Morgan fingerprint density at radius 2 is 2.08 bits per heavy atom. The molecule has 2 aromatic rings. The first-order chi connectivity index (χ1) is 12.4. The number of hydrogen-bond acceptors (Lipinski definition) is 5. The van der Waals surface area contributed by atoms with Crippen LogP contribution in [-0.2, 0) is 0 Å². The van der Waals surface area contributed by atoms with Crippen LogP contribution >= 0.6 is 11.6 Å². The van der Waals surface area contributed by atoms with Crippen molar-refractivity contribution in [1.29, 1.82) is 0 Å². The van der Waals surface area contributed by atoms with Gasteiger partial charge in [-0.2, -0.15) is 0 Å². The van der Waals surface area contributed by atoms with Gasteiger partial charge in [0.25, 0.3) is 17.5 Å². The summed E-state index contributed by atoms with van der Waals surface area (Å²) in [7, 11) is 1.67. The number of rotatable bonds is 3. The van der Waals surface area contributed by atoms with Gasteiger partial charge in [0.2, 0.25) is 0 Å². The molecule has 3 rings (SSSR count). The number of nitrogens with one attached hydrogen (secondary N) is 1. The van der Waals surface area contributed by atoms with Gasteiger partial charge in [-0.05, 0) is 24.3 Å². The first-order valence-corrected chi connectivity index (χ1v) is 8.02. The Labute approximate surface area is 153 Å². The van der Waals surface area contributed by atoms with E-state index in [1.54, 1.807) is 19.2 Å². The third-order valence-electron chi connectivity index (χ3n) is 3.91. The number of benzene rings is 2. The highest BCUT2D eigenvalue weighted by Crippen LogP contribution is 2.27. The molecule has 0 aromatic heterocycles. The lowest BCUT2D eigenvalue weighted by Crippen LogP contribution is -2.27. The van der Waals surface area contributed by atoms with Crippen molar-refractivity contribution < 1.29 is 19.2 Å². The number of nitro groups is 1. The minimum Gasteiger partial charge on any atom is -0.491 e. The highest BCUT2D eigenvalue weighted by Gasteiger charge is 2.22. The van der Waals surface area contributed by atoms with E-state index in [-0.39, 0.29) is 22.2 Å². The number of ether oxygens (including phenoxy) is 1. The number of fused-ring (bicyclic) bond motifs is 1. The molecule has 134 valence electrons. The van der Waals surface area contributed by atoms with E-state index >= 15 is 0 Å². The first kappa shape index (κ1) is 17.7. The normalized spacial score (nSPS) is 13.5. The summed E-state index contributed by atoms with van der Waals surface area (Å²) < 4.78 is 5.53. The molecule has 0 aliphatic carbocycles. The SMILES string of the molecule is CN1CCOc2ccc(NC(=O)c3ccc([N+](=O)[O-])cc3Cl)cc2C1=O. The van der Waals surface area contributed by atoms with E-state index in [1.807, 2.05) is 0 Å². The van der Waals surface area contributed by atoms with Gasteiger partial charge in [-0.15, -0.1) is 0 Å². The molecule has 0 atom stereocenters. The molecule has 26 heavy (non-hydrogen) atoms. The Morgan fingerprint density at radius 1 is 1.31 bits per heavy atom. The highest BCUT2D eigenvalue weighted by atomic mass is 35.5. The zero-order valence-corrected chi connectivity index (χ0v) is 14.4. The van der Waals surface area contributed by atoms with Gasteiger partial charge in [-0.1, -0.05) is 11.6 Å². The van der Waals surface area contributed by atoms with Gasteiger partial charge < -0.3 is 15.0 Å². The molecule has 2 amide bonds. The van der Waals surface area contributed by atoms with Gasteiger partial charge in [0.05, 0.1) is 27.6 Å².